The van der Waals surface area contributed by atoms with Crippen LogP contribution in [0.2, 0.25) is 5.02 Å². The second-order valence-electron chi connectivity index (χ2n) is 9.42. The normalized spacial score (nSPS) is 15.5. The maximum absolute atomic E-state index is 13.3. The zero-order valence-corrected chi connectivity index (χ0v) is 24.1. The van der Waals surface area contributed by atoms with E-state index in [9.17, 15) is 9.59 Å². The molecule has 2 aromatic carbocycles. The van der Waals surface area contributed by atoms with Gasteiger partial charge in [0.1, 0.15) is 0 Å². The number of nitrogens with zero attached hydrogens (tertiary/aromatic N) is 3. The summed E-state index contributed by atoms with van der Waals surface area (Å²) in [6.07, 6.45) is 8.61. The fraction of sp³-hybridized carbons (Fsp3) is 0.241. The molecule has 0 bridgehead atoms. The zero-order valence-electron chi connectivity index (χ0n) is 21.2. The molecular weight excluding hydrogens is 577 g/mol. The van der Waals surface area contributed by atoms with E-state index < -0.39 is 27.7 Å². The predicted octanol–water partition coefficient (Wildman–Crippen LogP) is 3.27. The number of carbonyl (C=O) groups excluding carboxylic acids is 2. The Morgan fingerprint density at radius 1 is 1.10 bits per heavy atom. The quantitative estimate of drug-likeness (QED) is 0.270. The number of amides is 2. The minimum atomic E-state index is -0.858. The average Bonchev–Trinajstić information content (AvgIpc) is 3.39. The molecule has 8 nitrogen and oxygen atoms in total. The van der Waals surface area contributed by atoms with E-state index >= 15 is 0 Å². The number of para-hydroxylation sites is 1. The van der Waals surface area contributed by atoms with Crippen LogP contribution in [-0.4, -0.2) is 54.8 Å². The van der Waals surface area contributed by atoms with Crippen LogP contribution in [0.3, 0.4) is 0 Å². The molecule has 3 atom stereocenters. The summed E-state index contributed by atoms with van der Waals surface area (Å²) < 4.78 is 8.57. The summed E-state index contributed by atoms with van der Waals surface area (Å²) in [5.41, 5.74) is 10.4. The van der Waals surface area contributed by atoms with Crippen LogP contribution in [0.5, 0.6) is 5.75 Å². The number of carbonyl (C=O) groups is 2. The molecule has 39 heavy (non-hydrogen) atoms. The van der Waals surface area contributed by atoms with Gasteiger partial charge in [-0.3, -0.25) is 0 Å². The topological polar surface area (TPSA) is 112 Å². The van der Waals surface area contributed by atoms with E-state index in [4.69, 9.17) is 22.1 Å². The SMILES string of the molecule is NC(=O)[C@H](Cc1ccc(Cl)cc1)NC(=O)c1cccc2c1OCCC2[AsH]Cc1cncn1Cc1ccncc1. The van der Waals surface area contributed by atoms with Crippen molar-refractivity contribution in [2.24, 2.45) is 5.73 Å². The van der Waals surface area contributed by atoms with Crippen molar-refractivity contribution in [2.75, 3.05) is 6.61 Å². The third-order valence-corrected chi connectivity index (χ3v) is 10.5. The Hall–Kier alpha value is -3.61. The molecule has 0 radical (unpaired) electrons. The molecule has 10 heteroatoms. The van der Waals surface area contributed by atoms with Gasteiger partial charge in [0.2, 0.25) is 0 Å². The number of nitrogens with one attached hydrogen (secondary N) is 1. The van der Waals surface area contributed by atoms with Crippen molar-refractivity contribution in [1.82, 2.24) is 19.9 Å². The van der Waals surface area contributed by atoms with Crippen molar-refractivity contribution in [3.8, 4) is 5.75 Å². The number of hydrogen-bond acceptors (Lipinski definition) is 5. The van der Waals surface area contributed by atoms with Crippen LogP contribution in [0.4, 0.5) is 0 Å². The van der Waals surface area contributed by atoms with Crippen LogP contribution < -0.4 is 15.8 Å². The van der Waals surface area contributed by atoms with Crippen molar-refractivity contribution >= 4 is 39.2 Å². The number of primary amides is 1. The fourth-order valence-electron chi connectivity index (χ4n) is 4.68. The Labute approximate surface area is 238 Å². The predicted molar refractivity (Wildman–Crippen MR) is 151 cm³/mol. The maximum atomic E-state index is 13.3. The summed E-state index contributed by atoms with van der Waals surface area (Å²) in [7, 11) is 0. The summed E-state index contributed by atoms with van der Waals surface area (Å²) in [6.45, 7) is 1.31. The molecule has 0 aliphatic carbocycles. The zero-order chi connectivity index (χ0) is 27.2. The summed E-state index contributed by atoms with van der Waals surface area (Å²) in [4.78, 5) is 34.0. The molecular formula is C29H29AsClN5O3. The molecule has 0 fully saturated rings. The fourth-order valence-corrected chi connectivity index (χ4v) is 7.99. The first kappa shape index (κ1) is 27.0. The van der Waals surface area contributed by atoms with Crippen LogP contribution in [0, 0.1) is 0 Å². The van der Waals surface area contributed by atoms with Gasteiger partial charge in [-0.25, -0.2) is 0 Å². The van der Waals surface area contributed by atoms with E-state index in [1.54, 1.807) is 30.6 Å². The summed E-state index contributed by atoms with van der Waals surface area (Å²) in [6, 6.07) is 16.0. The first-order valence-electron chi connectivity index (χ1n) is 12.7. The summed E-state index contributed by atoms with van der Waals surface area (Å²) >= 11 is 5.51. The molecule has 4 aromatic rings. The number of nitrogens with two attached hydrogens (primary N) is 1. The van der Waals surface area contributed by atoms with E-state index in [0.29, 0.717) is 27.6 Å². The monoisotopic (exact) mass is 605 g/mol. The molecule has 2 unspecified atom stereocenters. The number of aromatic nitrogens is 3. The Balaban J connectivity index is 1.28. The molecule has 2 aromatic heterocycles. The van der Waals surface area contributed by atoms with Crippen molar-refractivity contribution in [2.45, 2.75) is 35.3 Å². The molecule has 3 N–H and O–H groups in total. The third kappa shape index (κ3) is 6.70. The third-order valence-electron chi connectivity index (χ3n) is 6.75. The summed E-state index contributed by atoms with van der Waals surface area (Å²) in [5.74, 6) is -0.368. The number of rotatable bonds is 10. The van der Waals surface area contributed by atoms with Gasteiger partial charge in [0.25, 0.3) is 0 Å². The van der Waals surface area contributed by atoms with Crippen LogP contribution in [0.1, 0.15) is 43.9 Å². The summed E-state index contributed by atoms with van der Waals surface area (Å²) in [5, 5.41) is 4.38. The van der Waals surface area contributed by atoms with E-state index in [0.717, 1.165) is 29.3 Å². The second kappa shape index (κ2) is 12.5. The Morgan fingerprint density at radius 2 is 1.90 bits per heavy atom. The molecule has 1 aliphatic heterocycles. The molecule has 5 rings (SSSR count). The average molecular weight is 606 g/mol. The van der Waals surface area contributed by atoms with Crippen molar-refractivity contribution in [3.63, 3.8) is 0 Å². The standard InChI is InChI=1S/C29H29AsClN5O3/c31-21-6-4-19(5-7-21)14-26(28(32)37)35-29(38)24-3-1-2-23-25(10-13-39-27(23)24)30-15-22-16-34-18-36(22)17-20-8-11-33-12-9-20/h1-9,11-12,16,18,25-26,30H,10,13-15,17H2,(H2,32,37)(H,35,38)/t25?,26-/m0/s1. The van der Waals surface area contributed by atoms with Crippen LogP contribution in [0.25, 0.3) is 0 Å². The number of imidazole rings is 1. The van der Waals surface area contributed by atoms with Gasteiger partial charge in [0.15, 0.2) is 0 Å². The van der Waals surface area contributed by atoms with Crippen molar-refractivity contribution < 1.29 is 14.3 Å². The Bertz CT molecular complexity index is 1450. The van der Waals surface area contributed by atoms with Gasteiger partial charge in [-0.15, -0.1) is 0 Å². The molecule has 1 aliphatic rings. The van der Waals surface area contributed by atoms with E-state index in [2.05, 4.69) is 19.9 Å². The van der Waals surface area contributed by atoms with E-state index in [1.165, 1.54) is 11.3 Å². The van der Waals surface area contributed by atoms with Gasteiger partial charge in [-0.05, 0) is 0 Å². The van der Waals surface area contributed by atoms with Gasteiger partial charge in [-0.1, -0.05) is 11.6 Å². The van der Waals surface area contributed by atoms with Crippen LogP contribution >= 0.6 is 11.6 Å². The second-order valence-corrected chi connectivity index (χ2v) is 12.9. The number of hydrogen-bond donors (Lipinski definition) is 2. The first-order valence-corrected chi connectivity index (χ1v) is 15.8. The number of fused-ring (bicyclic) bond motifs is 1. The number of pyridine rings is 1. The number of benzene rings is 2. The van der Waals surface area contributed by atoms with Crippen LogP contribution in [0.15, 0.2) is 79.5 Å². The van der Waals surface area contributed by atoms with Crippen molar-refractivity contribution in [1.29, 1.82) is 0 Å². The van der Waals surface area contributed by atoms with Crippen molar-refractivity contribution in [3.05, 3.63) is 112 Å². The van der Waals surface area contributed by atoms with Gasteiger partial charge in [0.05, 0.1) is 0 Å². The van der Waals surface area contributed by atoms with Gasteiger partial charge < -0.3 is 0 Å². The molecule has 0 saturated heterocycles. The first-order chi connectivity index (χ1) is 19.0. The van der Waals surface area contributed by atoms with Gasteiger partial charge >= 0.3 is 228 Å². The number of halogens is 1. The van der Waals surface area contributed by atoms with Gasteiger partial charge in [-0.2, -0.15) is 0 Å². The number of ether oxygens (including phenoxy) is 1. The molecule has 0 spiro atoms. The van der Waals surface area contributed by atoms with Crippen LogP contribution in [-0.2, 0) is 23.0 Å². The van der Waals surface area contributed by atoms with E-state index in [1.807, 2.05) is 48.9 Å². The van der Waals surface area contributed by atoms with E-state index in [-0.39, 0.29) is 12.3 Å². The molecule has 2 amide bonds. The minimum absolute atomic E-state index is 0.274. The molecule has 3 heterocycles. The Morgan fingerprint density at radius 3 is 2.67 bits per heavy atom. The molecule has 0 saturated carbocycles. The van der Waals surface area contributed by atoms with Gasteiger partial charge in [0, 0.05) is 0 Å². The Kier molecular flexibility index (Phi) is 8.64. The molecule has 200 valence electrons.